The highest BCUT2D eigenvalue weighted by atomic mass is 16.5. The lowest BCUT2D eigenvalue weighted by molar-refractivity contribution is -0.0770. The van der Waals surface area contributed by atoms with E-state index in [4.69, 9.17) is 4.74 Å². The SMILES string of the molecule is CCOC1(C(CCc2ccnn2C)NC)CCCCCC1. The molecule has 1 N–H and O–H groups in total. The molecule has 120 valence electrons. The Balaban J connectivity index is 2.05. The zero-order valence-corrected chi connectivity index (χ0v) is 13.9. The van der Waals surface area contributed by atoms with Gasteiger partial charge >= 0.3 is 0 Å². The molecule has 0 aliphatic heterocycles. The molecule has 0 amide bonds. The van der Waals surface area contributed by atoms with E-state index in [1.807, 2.05) is 17.9 Å². The van der Waals surface area contributed by atoms with Crippen molar-refractivity contribution in [3.05, 3.63) is 18.0 Å². The van der Waals surface area contributed by atoms with Crippen LogP contribution in [0.5, 0.6) is 0 Å². The molecule has 1 aromatic heterocycles. The molecule has 21 heavy (non-hydrogen) atoms. The van der Waals surface area contributed by atoms with Crippen molar-refractivity contribution in [2.24, 2.45) is 7.05 Å². The summed E-state index contributed by atoms with van der Waals surface area (Å²) in [5.74, 6) is 0. The van der Waals surface area contributed by atoms with E-state index in [9.17, 15) is 0 Å². The summed E-state index contributed by atoms with van der Waals surface area (Å²) in [6.45, 7) is 2.93. The van der Waals surface area contributed by atoms with Crippen LogP contribution in [0, 0.1) is 0 Å². The molecule has 1 fully saturated rings. The number of nitrogens with zero attached hydrogens (tertiary/aromatic N) is 2. The van der Waals surface area contributed by atoms with Crippen LogP contribution >= 0.6 is 0 Å². The number of aromatic nitrogens is 2. The lowest BCUT2D eigenvalue weighted by Crippen LogP contribution is -2.51. The van der Waals surface area contributed by atoms with E-state index in [-0.39, 0.29) is 5.60 Å². The van der Waals surface area contributed by atoms with Gasteiger partial charge in [-0.3, -0.25) is 4.68 Å². The first-order valence-electron chi connectivity index (χ1n) is 8.50. The topological polar surface area (TPSA) is 39.1 Å². The van der Waals surface area contributed by atoms with Crippen LogP contribution in [0.2, 0.25) is 0 Å². The smallest absolute Gasteiger partial charge is 0.0834 e. The van der Waals surface area contributed by atoms with Crippen molar-refractivity contribution in [1.29, 1.82) is 0 Å². The number of hydrogen-bond donors (Lipinski definition) is 1. The first-order chi connectivity index (χ1) is 10.2. The van der Waals surface area contributed by atoms with Gasteiger partial charge in [-0.2, -0.15) is 5.10 Å². The number of nitrogens with one attached hydrogen (secondary N) is 1. The molecule has 1 aliphatic carbocycles. The van der Waals surface area contributed by atoms with Gasteiger partial charge in [-0.1, -0.05) is 25.7 Å². The Morgan fingerprint density at radius 3 is 2.57 bits per heavy atom. The molecule has 1 unspecified atom stereocenters. The van der Waals surface area contributed by atoms with Gasteiger partial charge in [-0.15, -0.1) is 0 Å². The average molecular weight is 293 g/mol. The number of likely N-dealkylation sites (N-methyl/N-ethyl adjacent to an activating group) is 1. The summed E-state index contributed by atoms with van der Waals surface area (Å²) in [6.07, 6.45) is 11.7. The molecule has 0 aromatic carbocycles. The van der Waals surface area contributed by atoms with Crippen LogP contribution in [0.1, 0.15) is 57.6 Å². The predicted octanol–water partition coefficient (Wildman–Crippen LogP) is 3.07. The molecule has 0 spiro atoms. The molecular formula is C17H31N3O. The van der Waals surface area contributed by atoms with E-state index in [2.05, 4.69) is 30.5 Å². The molecule has 1 atom stereocenters. The minimum absolute atomic E-state index is 0.0264. The quantitative estimate of drug-likeness (QED) is 0.785. The maximum absolute atomic E-state index is 6.32. The second-order valence-electron chi connectivity index (χ2n) is 6.24. The van der Waals surface area contributed by atoms with E-state index in [1.54, 1.807) is 0 Å². The van der Waals surface area contributed by atoms with Crippen molar-refractivity contribution < 1.29 is 4.74 Å². The Morgan fingerprint density at radius 2 is 2.05 bits per heavy atom. The largest absolute Gasteiger partial charge is 0.374 e. The van der Waals surface area contributed by atoms with Crippen molar-refractivity contribution in [3.63, 3.8) is 0 Å². The Labute approximate surface area is 129 Å². The van der Waals surface area contributed by atoms with Gasteiger partial charge in [0.15, 0.2) is 0 Å². The number of ether oxygens (including phenoxy) is 1. The summed E-state index contributed by atoms with van der Waals surface area (Å²) in [7, 11) is 4.10. The van der Waals surface area contributed by atoms with E-state index in [0.717, 1.165) is 19.4 Å². The molecule has 1 aliphatic rings. The molecule has 4 nitrogen and oxygen atoms in total. The second-order valence-corrected chi connectivity index (χ2v) is 6.24. The summed E-state index contributed by atoms with van der Waals surface area (Å²) in [4.78, 5) is 0. The van der Waals surface area contributed by atoms with Gasteiger partial charge in [0.2, 0.25) is 0 Å². The molecule has 0 radical (unpaired) electrons. The minimum atomic E-state index is 0.0264. The maximum atomic E-state index is 6.32. The maximum Gasteiger partial charge on any atom is 0.0834 e. The first-order valence-corrected chi connectivity index (χ1v) is 8.50. The number of aryl methyl sites for hydroxylation is 2. The summed E-state index contributed by atoms with van der Waals surface area (Å²) >= 11 is 0. The zero-order valence-electron chi connectivity index (χ0n) is 13.9. The van der Waals surface area contributed by atoms with Gasteiger partial charge < -0.3 is 10.1 Å². The molecule has 1 aromatic rings. The van der Waals surface area contributed by atoms with Crippen molar-refractivity contribution in [2.75, 3.05) is 13.7 Å². The highest BCUT2D eigenvalue weighted by Gasteiger charge is 2.38. The number of hydrogen-bond acceptors (Lipinski definition) is 3. The predicted molar refractivity (Wildman–Crippen MR) is 86.4 cm³/mol. The highest BCUT2D eigenvalue weighted by Crippen LogP contribution is 2.35. The molecule has 2 rings (SSSR count). The van der Waals surface area contributed by atoms with Gasteiger partial charge in [0.1, 0.15) is 0 Å². The van der Waals surface area contributed by atoms with Gasteiger partial charge in [0, 0.05) is 31.6 Å². The fourth-order valence-electron chi connectivity index (χ4n) is 3.82. The standard InChI is InChI=1S/C17H31N3O/c1-4-21-17(12-7-5-6-8-13-17)16(18-2)10-9-15-11-14-19-20(15)3/h11,14,16,18H,4-10,12-13H2,1-3H3. The van der Waals surface area contributed by atoms with Crippen LogP contribution in [0.4, 0.5) is 0 Å². The average Bonchev–Trinajstić information content (AvgIpc) is 2.74. The fraction of sp³-hybridized carbons (Fsp3) is 0.824. The normalized spacial score (nSPS) is 20.1. The monoisotopic (exact) mass is 293 g/mol. The van der Waals surface area contributed by atoms with E-state index >= 15 is 0 Å². The van der Waals surface area contributed by atoms with Crippen molar-refractivity contribution >= 4 is 0 Å². The summed E-state index contributed by atoms with van der Waals surface area (Å²) in [5.41, 5.74) is 1.33. The molecule has 1 saturated carbocycles. The lowest BCUT2D eigenvalue weighted by Gasteiger charge is -2.40. The van der Waals surface area contributed by atoms with E-state index in [0.29, 0.717) is 6.04 Å². The van der Waals surface area contributed by atoms with Crippen LogP contribution in [0.15, 0.2) is 12.3 Å². The summed E-state index contributed by atoms with van der Waals surface area (Å²) in [6, 6.07) is 2.54. The molecule has 1 heterocycles. The third kappa shape index (κ3) is 4.07. The van der Waals surface area contributed by atoms with Gasteiger partial charge in [-0.25, -0.2) is 0 Å². The Morgan fingerprint density at radius 1 is 1.33 bits per heavy atom. The van der Waals surface area contributed by atoms with Crippen molar-refractivity contribution in [1.82, 2.24) is 15.1 Å². The highest BCUT2D eigenvalue weighted by molar-refractivity contribution is 5.03. The van der Waals surface area contributed by atoms with Gasteiger partial charge in [0.25, 0.3) is 0 Å². The zero-order chi connectivity index (χ0) is 15.1. The Hall–Kier alpha value is -0.870. The summed E-state index contributed by atoms with van der Waals surface area (Å²) in [5, 5.41) is 7.82. The van der Waals surface area contributed by atoms with Crippen molar-refractivity contribution in [2.45, 2.75) is 69.9 Å². The minimum Gasteiger partial charge on any atom is -0.374 e. The van der Waals surface area contributed by atoms with Gasteiger partial charge in [-0.05, 0) is 45.7 Å². The van der Waals surface area contributed by atoms with E-state index in [1.165, 1.54) is 44.2 Å². The first kappa shape index (κ1) is 16.5. The van der Waals surface area contributed by atoms with Crippen LogP contribution < -0.4 is 5.32 Å². The Kier molecular flexibility index (Phi) is 6.24. The van der Waals surface area contributed by atoms with E-state index < -0.39 is 0 Å². The van der Waals surface area contributed by atoms with Crippen LogP contribution in [0.3, 0.4) is 0 Å². The lowest BCUT2D eigenvalue weighted by atomic mass is 9.83. The van der Waals surface area contributed by atoms with Crippen LogP contribution in [0.25, 0.3) is 0 Å². The van der Waals surface area contributed by atoms with Crippen LogP contribution in [-0.2, 0) is 18.2 Å². The molecular weight excluding hydrogens is 262 g/mol. The Bertz CT molecular complexity index is 408. The fourth-order valence-corrected chi connectivity index (χ4v) is 3.82. The molecule has 0 saturated heterocycles. The van der Waals surface area contributed by atoms with Gasteiger partial charge in [0.05, 0.1) is 5.60 Å². The third-order valence-corrected chi connectivity index (χ3v) is 4.98. The van der Waals surface area contributed by atoms with Crippen LogP contribution in [-0.4, -0.2) is 35.1 Å². The molecule has 0 bridgehead atoms. The third-order valence-electron chi connectivity index (χ3n) is 4.98. The summed E-state index contributed by atoms with van der Waals surface area (Å²) < 4.78 is 8.30. The second kappa shape index (κ2) is 7.95. The molecule has 4 heteroatoms. The van der Waals surface area contributed by atoms with Crippen molar-refractivity contribution in [3.8, 4) is 0 Å². The number of rotatable bonds is 7.